The van der Waals surface area contributed by atoms with Crippen molar-refractivity contribution >= 4 is 27.5 Å². The summed E-state index contributed by atoms with van der Waals surface area (Å²) in [6.45, 7) is 1.35. The topological polar surface area (TPSA) is 75.7 Å². The first-order valence-electron chi connectivity index (χ1n) is 9.45. The number of halogens is 1. The Morgan fingerprint density at radius 1 is 1.14 bits per heavy atom. The molecule has 0 spiro atoms. The number of nitrogens with zero attached hydrogens (tertiary/aromatic N) is 1. The third kappa shape index (κ3) is 5.17. The number of carbonyl (C=O) groups is 1. The van der Waals surface area contributed by atoms with E-state index in [0.29, 0.717) is 24.8 Å². The number of amides is 1. The second-order valence-corrected chi connectivity index (χ2v) is 9.74. The molecule has 2 aromatic carbocycles. The lowest BCUT2D eigenvalue weighted by molar-refractivity contribution is -0.121. The first kappa shape index (κ1) is 21.8. The fourth-order valence-electron chi connectivity index (χ4n) is 3.53. The third-order valence-electron chi connectivity index (χ3n) is 5.33. The first-order valence-corrected chi connectivity index (χ1v) is 11.3. The van der Waals surface area contributed by atoms with Crippen molar-refractivity contribution in [1.29, 1.82) is 0 Å². The van der Waals surface area contributed by atoms with Crippen molar-refractivity contribution < 1.29 is 17.9 Å². The molecule has 1 aliphatic rings. The zero-order valence-corrected chi connectivity index (χ0v) is 17.9. The number of likely N-dealkylation sites (N-methyl/N-ethyl adjacent to an activating group) is 1. The van der Waals surface area contributed by atoms with E-state index in [-0.39, 0.29) is 22.8 Å². The van der Waals surface area contributed by atoms with Crippen LogP contribution >= 0.6 is 11.6 Å². The van der Waals surface area contributed by atoms with Gasteiger partial charge in [0.25, 0.3) is 0 Å². The van der Waals surface area contributed by atoms with Gasteiger partial charge in [0.05, 0.1) is 11.4 Å². The number of rotatable bonds is 7. The van der Waals surface area contributed by atoms with Crippen LogP contribution in [0.15, 0.2) is 59.5 Å². The normalized spacial score (nSPS) is 16.5. The Morgan fingerprint density at radius 3 is 2.48 bits per heavy atom. The van der Waals surface area contributed by atoms with E-state index in [1.807, 2.05) is 24.3 Å². The minimum absolute atomic E-state index is 0.162. The van der Waals surface area contributed by atoms with E-state index in [4.69, 9.17) is 16.3 Å². The molecular formula is C21H25ClN2O4S. The molecule has 0 atom stereocenters. The maximum absolute atomic E-state index is 12.6. The molecule has 0 aromatic heterocycles. The zero-order valence-electron chi connectivity index (χ0n) is 16.3. The average molecular weight is 437 g/mol. The number of hydrogen-bond acceptors (Lipinski definition) is 4. The highest BCUT2D eigenvalue weighted by Crippen LogP contribution is 2.35. The quantitative estimate of drug-likeness (QED) is 0.724. The van der Waals surface area contributed by atoms with Gasteiger partial charge in [-0.05, 0) is 42.7 Å². The van der Waals surface area contributed by atoms with Crippen molar-refractivity contribution in [1.82, 2.24) is 9.62 Å². The minimum atomic E-state index is -3.72. The van der Waals surface area contributed by atoms with E-state index in [0.717, 1.165) is 22.7 Å². The van der Waals surface area contributed by atoms with E-state index >= 15 is 0 Å². The monoisotopic (exact) mass is 436 g/mol. The lowest BCUT2D eigenvalue weighted by atomic mass is 9.74. The molecule has 0 bridgehead atoms. The van der Waals surface area contributed by atoms with Gasteiger partial charge >= 0.3 is 0 Å². The van der Waals surface area contributed by atoms with Crippen LogP contribution in [-0.2, 0) is 25.0 Å². The van der Waals surface area contributed by atoms with E-state index in [1.165, 1.54) is 19.2 Å². The molecule has 1 saturated heterocycles. The van der Waals surface area contributed by atoms with Crippen molar-refractivity contribution in [3.8, 4) is 0 Å². The molecular weight excluding hydrogens is 412 g/mol. The van der Waals surface area contributed by atoms with Gasteiger partial charge in [0.1, 0.15) is 0 Å². The molecule has 156 valence electrons. The summed E-state index contributed by atoms with van der Waals surface area (Å²) >= 11 is 6.17. The highest BCUT2D eigenvalue weighted by atomic mass is 35.5. The number of hydrogen-bond donors (Lipinski definition) is 1. The van der Waals surface area contributed by atoms with E-state index in [1.54, 1.807) is 18.2 Å². The number of benzene rings is 2. The zero-order chi connectivity index (χ0) is 20.9. The number of carbonyl (C=O) groups excluding carboxylic acids is 1. The summed E-state index contributed by atoms with van der Waals surface area (Å²) in [5, 5.41) is 3.57. The summed E-state index contributed by atoms with van der Waals surface area (Å²) in [5.74, 6) is -0.347. The largest absolute Gasteiger partial charge is 0.381 e. The van der Waals surface area contributed by atoms with Crippen molar-refractivity contribution in [2.24, 2.45) is 0 Å². The number of ether oxygens (including phenoxy) is 1. The van der Waals surface area contributed by atoms with Gasteiger partial charge < -0.3 is 10.1 Å². The molecule has 1 fully saturated rings. The predicted molar refractivity (Wildman–Crippen MR) is 112 cm³/mol. The molecule has 6 nitrogen and oxygen atoms in total. The molecule has 0 radical (unpaired) electrons. The molecule has 0 aliphatic carbocycles. The Labute approximate surface area is 176 Å². The molecule has 1 heterocycles. The van der Waals surface area contributed by atoms with Gasteiger partial charge in [-0.25, -0.2) is 8.42 Å². The van der Waals surface area contributed by atoms with Gasteiger partial charge in [-0.15, -0.1) is 0 Å². The molecule has 1 amide bonds. The van der Waals surface area contributed by atoms with Crippen LogP contribution in [0.3, 0.4) is 0 Å². The summed E-state index contributed by atoms with van der Waals surface area (Å²) in [5.41, 5.74) is 0.772. The Balaban J connectivity index is 1.68. The van der Waals surface area contributed by atoms with Gasteiger partial charge in [-0.3, -0.25) is 4.79 Å². The van der Waals surface area contributed by atoms with Crippen molar-refractivity contribution in [3.05, 3.63) is 65.2 Å². The fourth-order valence-corrected chi connectivity index (χ4v) is 4.87. The Bertz CT molecular complexity index is 944. The molecule has 0 saturated carbocycles. The second kappa shape index (κ2) is 9.26. The SMILES string of the molecule is CN(CC(=O)NCC1(c2cccc(Cl)c2)CCOCC1)S(=O)(=O)c1ccccc1. The van der Waals surface area contributed by atoms with Gasteiger partial charge in [0.2, 0.25) is 15.9 Å². The Morgan fingerprint density at radius 2 is 1.83 bits per heavy atom. The molecule has 0 unspecified atom stereocenters. The van der Waals surface area contributed by atoms with Crippen LogP contribution in [0.5, 0.6) is 0 Å². The van der Waals surface area contributed by atoms with E-state index in [2.05, 4.69) is 5.32 Å². The van der Waals surface area contributed by atoms with Crippen LogP contribution in [0, 0.1) is 0 Å². The number of sulfonamides is 1. The van der Waals surface area contributed by atoms with Gasteiger partial charge in [0, 0.05) is 37.2 Å². The van der Waals surface area contributed by atoms with Crippen LogP contribution in [0.2, 0.25) is 5.02 Å². The van der Waals surface area contributed by atoms with Crippen LogP contribution in [-0.4, -0.2) is 52.0 Å². The Kier molecular flexibility index (Phi) is 6.95. The summed E-state index contributed by atoms with van der Waals surface area (Å²) in [6.07, 6.45) is 1.51. The smallest absolute Gasteiger partial charge is 0.243 e. The summed E-state index contributed by atoms with van der Waals surface area (Å²) in [6, 6.07) is 15.7. The van der Waals surface area contributed by atoms with Crippen molar-refractivity contribution in [2.75, 3.05) is 33.4 Å². The van der Waals surface area contributed by atoms with Crippen LogP contribution in [0.25, 0.3) is 0 Å². The fraction of sp³-hybridized carbons (Fsp3) is 0.381. The molecule has 1 N–H and O–H groups in total. The highest BCUT2D eigenvalue weighted by molar-refractivity contribution is 7.89. The van der Waals surface area contributed by atoms with Crippen LogP contribution < -0.4 is 5.32 Å². The van der Waals surface area contributed by atoms with Gasteiger partial charge in [-0.2, -0.15) is 4.31 Å². The van der Waals surface area contributed by atoms with E-state index < -0.39 is 10.0 Å². The maximum Gasteiger partial charge on any atom is 0.243 e. The predicted octanol–water partition coefficient (Wildman–Crippen LogP) is 2.83. The maximum atomic E-state index is 12.6. The standard InChI is InChI=1S/C21H25ClN2O4S/c1-24(29(26,27)19-8-3-2-4-9-19)15-20(25)23-16-21(10-12-28-13-11-21)17-6-5-7-18(22)14-17/h2-9,14H,10-13,15-16H2,1H3,(H,23,25). The lowest BCUT2D eigenvalue weighted by Crippen LogP contribution is -2.47. The lowest BCUT2D eigenvalue weighted by Gasteiger charge is -2.38. The van der Waals surface area contributed by atoms with Crippen LogP contribution in [0.1, 0.15) is 18.4 Å². The molecule has 3 rings (SSSR count). The summed E-state index contributed by atoms with van der Waals surface area (Å²) in [7, 11) is -2.31. The molecule has 8 heteroatoms. The highest BCUT2D eigenvalue weighted by Gasteiger charge is 2.35. The minimum Gasteiger partial charge on any atom is -0.381 e. The van der Waals surface area contributed by atoms with Gasteiger partial charge in [-0.1, -0.05) is 41.9 Å². The molecule has 1 aliphatic heterocycles. The van der Waals surface area contributed by atoms with Crippen molar-refractivity contribution in [3.63, 3.8) is 0 Å². The average Bonchev–Trinajstić information content (AvgIpc) is 2.73. The molecule has 2 aromatic rings. The molecule has 29 heavy (non-hydrogen) atoms. The number of nitrogens with one attached hydrogen (secondary N) is 1. The van der Waals surface area contributed by atoms with Crippen LogP contribution in [0.4, 0.5) is 0 Å². The second-order valence-electron chi connectivity index (χ2n) is 7.25. The first-order chi connectivity index (χ1) is 13.8. The van der Waals surface area contributed by atoms with Crippen molar-refractivity contribution in [2.45, 2.75) is 23.2 Å². The Hall–Kier alpha value is -1.93. The van der Waals surface area contributed by atoms with E-state index in [9.17, 15) is 13.2 Å². The summed E-state index contributed by atoms with van der Waals surface area (Å²) < 4.78 is 31.8. The third-order valence-corrected chi connectivity index (χ3v) is 7.38. The summed E-state index contributed by atoms with van der Waals surface area (Å²) in [4.78, 5) is 12.7. The van der Waals surface area contributed by atoms with Gasteiger partial charge in [0.15, 0.2) is 0 Å².